The Kier molecular flexibility index (Phi) is 3.80. The van der Waals surface area contributed by atoms with Crippen molar-refractivity contribution in [1.82, 2.24) is 4.90 Å². The first-order valence-electron chi connectivity index (χ1n) is 4.75. The number of carboxylic acid groups (broad SMARTS) is 1. The van der Waals surface area contributed by atoms with Crippen molar-refractivity contribution < 1.29 is 18.7 Å². The van der Waals surface area contributed by atoms with E-state index in [-0.39, 0.29) is 18.5 Å². The van der Waals surface area contributed by atoms with Gasteiger partial charge < -0.3 is 5.11 Å². The first-order chi connectivity index (χ1) is 6.50. The average molecular weight is 207 g/mol. The number of hydrogen-bond acceptors (Lipinski definition) is 2. The largest absolute Gasteiger partial charge is 0.481 e. The van der Waals surface area contributed by atoms with Crippen molar-refractivity contribution >= 4 is 5.97 Å². The average Bonchev–Trinajstić information content (AvgIpc) is 2.07. The third kappa shape index (κ3) is 2.90. The van der Waals surface area contributed by atoms with Gasteiger partial charge in [-0.1, -0.05) is 0 Å². The fraction of sp³-hybridized carbons (Fsp3) is 0.889. The highest BCUT2D eigenvalue weighted by Gasteiger charge is 2.30. The minimum absolute atomic E-state index is 0.0566. The minimum atomic E-state index is -2.33. The highest BCUT2D eigenvalue weighted by Crippen LogP contribution is 2.23. The van der Waals surface area contributed by atoms with Crippen molar-refractivity contribution in [3.8, 4) is 0 Å². The molecule has 0 amide bonds. The van der Waals surface area contributed by atoms with Crippen molar-refractivity contribution in [2.75, 3.05) is 13.1 Å². The van der Waals surface area contributed by atoms with E-state index in [9.17, 15) is 13.6 Å². The molecule has 14 heavy (non-hydrogen) atoms. The molecule has 0 aromatic rings. The molecule has 2 atom stereocenters. The number of alkyl halides is 2. The Morgan fingerprint density at radius 1 is 1.64 bits per heavy atom. The molecular formula is C9H15F2NO2. The van der Waals surface area contributed by atoms with E-state index in [2.05, 4.69) is 0 Å². The number of nitrogens with zero attached hydrogens (tertiary/aromatic N) is 1. The fourth-order valence-electron chi connectivity index (χ4n) is 1.89. The highest BCUT2D eigenvalue weighted by atomic mass is 19.3. The molecule has 1 aliphatic rings. The second-order valence-corrected chi connectivity index (χ2v) is 3.79. The molecule has 1 aliphatic heterocycles. The van der Waals surface area contributed by atoms with Crippen molar-refractivity contribution in [2.45, 2.75) is 32.2 Å². The first kappa shape index (κ1) is 11.4. The number of halogens is 2. The molecule has 0 bridgehead atoms. The van der Waals surface area contributed by atoms with Gasteiger partial charge in [0.15, 0.2) is 0 Å². The summed E-state index contributed by atoms with van der Waals surface area (Å²) in [6, 6.07) is -0.0566. The van der Waals surface area contributed by atoms with Crippen LogP contribution >= 0.6 is 0 Å². The second kappa shape index (κ2) is 4.68. The van der Waals surface area contributed by atoms with Crippen LogP contribution < -0.4 is 0 Å². The Morgan fingerprint density at radius 3 is 2.71 bits per heavy atom. The van der Waals surface area contributed by atoms with E-state index in [1.54, 1.807) is 11.8 Å². The Balaban J connectivity index is 2.43. The van der Waals surface area contributed by atoms with Crippen molar-refractivity contribution in [3.63, 3.8) is 0 Å². The van der Waals surface area contributed by atoms with E-state index in [1.165, 1.54) is 0 Å². The Labute approximate surface area is 81.7 Å². The molecule has 1 saturated heterocycles. The first-order valence-corrected chi connectivity index (χ1v) is 4.75. The standard InChI is InChI=1S/C9H15F2NO2/c1-6-4-7(9(13)14)2-3-12(6)5-8(10)11/h6-8H,2-5H2,1H3,(H,13,14). The quantitative estimate of drug-likeness (QED) is 0.761. The lowest BCUT2D eigenvalue weighted by atomic mass is 9.92. The van der Waals surface area contributed by atoms with Gasteiger partial charge in [-0.25, -0.2) is 8.78 Å². The van der Waals surface area contributed by atoms with Crippen molar-refractivity contribution in [1.29, 1.82) is 0 Å². The molecule has 0 aromatic heterocycles. The topological polar surface area (TPSA) is 40.5 Å². The lowest BCUT2D eigenvalue weighted by Gasteiger charge is -2.35. The van der Waals surface area contributed by atoms with Gasteiger partial charge in [-0.2, -0.15) is 0 Å². The monoisotopic (exact) mass is 207 g/mol. The van der Waals surface area contributed by atoms with Gasteiger partial charge in [0.05, 0.1) is 12.5 Å². The summed E-state index contributed by atoms with van der Waals surface area (Å²) in [4.78, 5) is 12.3. The molecular weight excluding hydrogens is 192 g/mol. The predicted octanol–water partition coefficient (Wildman–Crippen LogP) is 1.44. The maximum Gasteiger partial charge on any atom is 0.306 e. The highest BCUT2D eigenvalue weighted by molar-refractivity contribution is 5.70. The van der Waals surface area contributed by atoms with E-state index in [0.717, 1.165) is 0 Å². The van der Waals surface area contributed by atoms with Crippen LogP contribution in [0.2, 0.25) is 0 Å². The molecule has 0 aliphatic carbocycles. The maximum absolute atomic E-state index is 12.1. The third-order valence-electron chi connectivity index (χ3n) is 2.74. The van der Waals surface area contributed by atoms with Gasteiger partial charge in [0, 0.05) is 6.04 Å². The Hall–Kier alpha value is -0.710. The lowest BCUT2D eigenvalue weighted by molar-refractivity contribution is -0.144. The number of carbonyl (C=O) groups is 1. The summed E-state index contributed by atoms with van der Waals surface area (Å²) >= 11 is 0. The normalized spacial score (nSPS) is 29.4. The van der Waals surface area contributed by atoms with E-state index >= 15 is 0 Å². The molecule has 1 N–H and O–H groups in total. The summed E-state index contributed by atoms with van der Waals surface area (Å²) in [7, 11) is 0. The van der Waals surface area contributed by atoms with Crippen molar-refractivity contribution in [2.24, 2.45) is 5.92 Å². The van der Waals surface area contributed by atoms with Crippen molar-refractivity contribution in [3.05, 3.63) is 0 Å². The summed E-state index contributed by atoms with van der Waals surface area (Å²) in [5.41, 5.74) is 0. The molecule has 5 heteroatoms. The zero-order chi connectivity index (χ0) is 10.7. The number of hydrogen-bond donors (Lipinski definition) is 1. The van der Waals surface area contributed by atoms with E-state index < -0.39 is 12.4 Å². The van der Waals surface area contributed by atoms with Gasteiger partial charge in [-0.05, 0) is 26.3 Å². The van der Waals surface area contributed by atoms with Crippen LogP contribution in [-0.4, -0.2) is 41.5 Å². The van der Waals surface area contributed by atoms with Gasteiger partial charge >= 0.3 is 5.97 Å². The maximum atomic E-state index is 12.1. The number of piperidine rings is 1. The zero-order valence-corrected chi connectivity index (χ0v) is 8.12. The molecule has 0 radical (unpaired) electrons. The predicted molar refractivity (Wildman–Crippen MR) is 47.4 cm³/mol. The molecule has 0 spiro atoms. The summed E-state index contributed by atoms with van der Waals surface area (Å²) in [6.07, 6.45) is -1.38. The van der Waals surface area contributed by atoms with Crippen LogP contribution in [0.3, 0.4) is 0 Å². The van der Waals surface area contributed by atoms with Crippen LogP contribution in [0.15, 0.2) is 0 Å². The van der Waals surface area contributed by atoms with E-state index in [4.69, 9.17) is 5.11 Å². The molecule has 0 aromatic carbocycles. The molecule has 82 valence electrons. The summed E-state index contributed by atoms with van der Waals surface area (Å²) < 4.78 is 24.2. The number of likely N-dealkylation sites (tertiary alicyclic amines) is 1. The van der Waals surface area contributed by atoms with Gasteiger partial charge in [-0.15, -0.1) is 0 Å². The Bertz CT molecular complexity index is 211. The van der Waals surface area contributed by atoms with Crippen LogP contribution in [-0.2, 0) is 4.79 Å². The number of aliphatic carboxylic acids is 1. The summed E-state index contributed by atoms with van der Waals surface area (Å²) in [5, 5.41) is 8.76. The molecule has 1 rings (SSSR count). The van der Waals surface area contributed by atoms with E-state index in [1.807, 2.05) is 0 Å². The van der Waals surface area contributed by atoms with Gasteiger partial charge in [0.2, 0.25) is 0 Å². The van der Waals surface area contributed by atoms with Gasteiger partial charge in [0.25, 0.3) is 6.43 Å². The zero-order valence-electron chi connectivity index (χ0n) is 8.12. The third-order valence-corrected chi connectivity index (χ3v) is 2.74. The van der Waals surface area contributed by atoms with Crippen LogP contribution in [0.1, 0.15) is 19.8 Å². The van der Waals surface area contributed by atoms with Crippen LogP contribution in [0, 0.1) is 5.92 Å². The van der Waals surface area contributed by atoms with Crippen LogP contribution in [0.5, 0.6) is 0 Å². The SMILES string of the molecule is CC1CC(C(=O)O)CCN1CC(F)F. The summed E-state index contributed by atoms with van der Waals surface area (Å²) in [5.74, 6) is -1.17. The lowest BCUT2D eigenvalue weighted by Crippen LogP contribution is -2.44. The van der Waals surface area contributed by atoms with Gasteiger partial charge in [0.1, 0.15) is 0 Å². The van der Waals surface area contributed by atoms with Crippen LogP contribution in [0.25, 0.3) is 0 Å². The van der Waals surface area contributed by atoms with Crippen LogP contribution in [0.4, 0.5) is 8.78 Å². The van der Waals surface area contributed by atoms with Gasteiger partial charge in [-0.3, -0.25) is 9.69 Å². The molecule has 1 heterocycles. The molecule has 1 fully saturated rings. The van der Waals surface area contributed by atoms with E-state index in [0.29, 0.717) is 19.4 Å². The fourth-order valence-corrected chi connectivity index (χ4v) is 1.89. The molecule has 3 nitrogen and oxygen atoms in total. The smallest absolute Gasteiger partial charge is 0.306 e. The number of carboxylic acids is 1. The Morgan fingerprint density at radius 2 is 2.29 bits per heavy atom. The number of rotatable bonds is 3. The second-order valence-electron chi connectivity index (χ2n) is 3.79. The summed E-state index contributed by atoms with van der Waals surface area (Å²) in [6.45, 7) is 2.02. The molecule has 2 unspecified atom stereocenters. The minimum Gasteiger partial charge on any atom is -0.481 e. The molecule has 0 saturated carbocycles.